The number of aromatic nitrogens is 1. The number of rotatable bonds is 3. The fourth-order valence-electron chi connectivity index (χ4n) is 1.16. The van der Waals surface area contributed by atoms with Crippen LogP contribution >= 0.6 is 11.6 Å². The molecule has 0 unspecified atom stereocenters. The van der Waals surface area contributed by atoms with Crippen molar-refractivity contribution in [1.82, 2.24) is 4.98 Å². The molecule has 2 rings (SSSR count). The van der Waals surface area contributed by atoms with Gasteiger partial charge in [0.15, 0.2) is 0 Å². The van der Waals surface area contributed by atoms with Gasteiger partial charge in [-0.1, -0.05) is 29.8 Å². The third-order valence-corrected chi connectivity index (χ3v) is 3.39. The highest BCUT2D eigenvalue weighted by molar-refractivity contribution is 7.87. The molecule has 88 valence electrons. The summed E-state index contributed by atoms with van der Waals surface area (Å²) in [5.41, 5.74) is 0. The Morgan fingerprint density at radius 1 is 1.06 bits per heavy atom. The van der Waals surface area contributed by atoms with Gasteiger partial charge in [-0.3, -0.25) is 0 Å². The maximum Gasteiger partial charge on any atom is 0.340 e. The maximum absolute atomic E-state index is 11.8. The molecule has 0 saturated heterocycles. The average molecular weight is 270 g/mol. The number of hydrogen-bond acceptors (Lipinski definition) is 4. The summed E-state index contributed by atoms with van der Waals surface area (Å²) in [6.45, 7) is 0. The van der Waals surface area contributed by atoms with Crippen molar-refractivity contribution in [2.45, 2.75) is 4.90 Å². The first-order chi connectivity index (χ1) is 8.08. The second-order valence-corrected chi connectivity index (χ2v) is 5.10. The molecule has 2 aromatic rings. The lowest BCUT2D eigenvalue weighted by Gasteiger charge is -2.06. The van der Waals surface area contributed by atoms with Crippen LogP contribution in [0.4, 0.5) is 0 Å². The normalized spacial score (nSPS) is 11.1. The van der Waals surface area contributed by atoms with E-state index in [9.17, 15) is 8.42 Å². The lowest BCUT2D eigenvalue weighted by atomic mass is 10.3. The van der Waals surface area contributed by atoms with E-state index in [2.05, 4.69) is 4.98 Å². The zero-order valence-electron chi connectivity index (χ0n) is 8.58. The van der Waals surface area contributed by atoms with Crippen molar-refractivity contribution >= 4 is 21.7 Å². The summed E-state index contributed by atoms with van der Waals surface area (Å²) in [7, 11) is -3.85. The fourth-order valence-corrected chi connectivity index (χ4v) is 2.15. The molecule has 1 heterocycles. The molecule has 0 spiro atoms. The monoisotopic (exact) mass is 269 g/mol. The van der Waals surface area contributed by atoms with E-state index in [1.54, 1.807) is 30.3 Å². The van der Waals surface area contributed by atoms with Crippen LogP contribution in [0.3, 0.4) is 0 Å². The van der Waals surface area contributed by atoms with Gasteiger partial charge in [0.05, 0.1) is 6.20 Å². The second-order valence-electron chi connectivity index (χ2n) is 3.17. The fraction of sp³-hybridized carbons (Fsp3) is 0. The standard InChI is InChI=1S/C11H8ClNO3S/c12-11-7-6-10(8-13-11)17(14,15)16-9-4-2-1-3-5-9/h1-8H. The van der Waals surface area contributed by atoms with Crippen molar-refractivity contribution in [2.24, 2.45) is 0 Å². The Labute approximate surface area is 104 Å². The van der Waals surface area contributed by atoms with Gasteiger partial charge in [0.25, 0.3) is 0 Å². The minimum Gasteiger partial charge on any atom is -0.379 e. The van der Waals surface area contributed by atoms with Gasteiger partial charge < -0.3 is 4.18 Å². The summed E-state index contributed by atoms with van der Waals surface area (Å²) in [6, 6.07) is 11.0. The number of pyridine rings is 1. The summed E-state index contributed by atoms with van der Waals surface area (Å²) in [4.78, 5) is 3.66. The lowest BCUT2D eigenvalue weighted by molar-refractivity contribution is 0.485. The van der Waals surface area contributed by atoms with Gasteiger partial charge in [0.1, 0.15) is 15.8 Å². The molecule has 0 radical (unpaired) electrons. The predicted octanol–water partition coefficient (Wildman–Crippen LogP) is 2.50. The van der Waals surface area contributed by atoms with E-state index in [-0.39, 0.29) is 15.8 Å². The van der Waals surface area contributed by atoms with Gasteiger partial charge in [0.2, 0.25) is 0 Å². The first-order valence-corrected chi connectivity index (χ1v) is 6.48. The Bertz CT molecular complexity index is 596. The van der Waals surface area contributed by atoms with Gasteiger partial charge in [-0.15, -0.1) is 0 Å². The Morgan fingerprint density at radius 3 is 2.35 bits per heavy atom. The van der Waals surface area contributed by atoms with Gasteiger partial charge in [0, 0.05) is 0 Å². The highest BCUT2D eigenvalue weighted by Crippen LogP contribution is 2.18. The molecule has 0 aliphatic carbocycles. The number of hydrogen-bond donors (Lipinski definition) is 0. The van der Waals surface area contributed by atoms with Crippen LogP contribution in [0.15, 0.2) is 53.6 Å². The van der Waals surface area contributed by atoms with Crippen molar-refractivity contribution < 1.29 is 12.6 Å². The Kier molecular flexibility index (Phi) is 3.31. The molecule has 0 aliphatic heterocycles. The van der Waals surface area contributed by atoms with Crippen molar-refractivity contribution in [1.29, 1.82) is 0 Å². The molecule has 0 aliphatic rings. The molecule has 1 aromatic heterocycles. The average Bonchev–Trinajstić information content (AvgIpc) is 2.30. The Hall–Kier alpha value is -1.59. The number of benzene rings is 1. The summed E-state index contributed by atoms with van der Waals surface area (Å²) in [5.74, 6) is 0.252. The molecular weight excluding hydrogens is 262 g/mol. The molecular formula is C11H8ClNO3S. The van der Waals surface area contributed by atoms with Crippen molar-refractivity contribution in [3.8, 4) is 5.75 Å². The number of nitrogens with zero attached hydrogens (tertiary/aromatic N) is 1. The van der Waals surface area contributed by atoms with Crippen LogP contribution in [0.1, 0.15) is 0 Å². The van der Waals surface area contributed by atoms with Crippen LogP contribution in [0, 0.1) is 0 Å². The molecule has 0 saturated carbocycles. The van der Waals surface area contributed by atoms with E-state index in [4.69, 9.17) is 15.8 Å². The number of halogens is 1. The topological polar surface area (TPSA) is 56.3 Å². The SMILES string of the molecule is O=S(=O)(Oc1ccccc1)c1ccc(Cl)nc1. The maximum atomic E-state index is 11.8. The van der Waals surface area contributed by atoms with Crippen LogP contribution in [0.25, 0.3) is 0 Å². The Morgan fingerprint density at radius 2 is 1.76 bits per heavy atom. The molecule has 1 aromatic carbocycles. The van der Waals surface area contributed by atoms with Gasteiger partial charge >= 0.3 is 10.1 Å². The number of para-hydroxylation sites is 1. The third kappa shape index (κ3) is 2.95. The van der Waals surface area contributed by atoms with Crippen LogP contribution in [0.5, 0.6) is 5.75 Å². The first-order valence-electron chi connectivity index (χ1n) is 4.69. The molecule has 0 fully saturated rings. The van der Waals surface area contributed by atoms with Crippen molar-refractivity contribution in [3.05, 3.63) is 53.8 Å². The van der Waals surface area contributed by atoms with Crippen LogP contribution < -0.4 is 4.18 Å². The zero-order chi connectivity index (χ0) is 12.3. The van der Waals surface area contributed by atoms with E-state index in [1.807, 2.05) is 0 Å². The first kappa shape index (κ1) is 11.9. The molecule has 0 N–H and O–H groups in total. The molecule has 17 heavy (non-hydrogen) atoms. The third-order valence-electron chi connectivity index (χ3n) is 1.94. The van der Waals surface area contributed by atoms with E-state index in [1.165, 1.54) is 12.1 Å². The van der Waals surface area contributed by atoms with E-state index in [0.29, 0.717) is 0 Å². The van der Waals surface area contributed by atoms with E-state index < -0.39 is 10.1 Å². The summed E-state index contributed by atoms with van der Waals surface area (Å²) in [6.07, 6.45) is 1.15. The van der Waals surface area contributed by atoms with Gasteiger partial charge in [-0.05, 0) is 24.3 Å². The Balaban J connectivity index is 2.29. The molecule has 0 bridgehead atoms. The van der Waals surface area contributed by atoms with Crippen LogP contribution in [-0.2, 0) is 10.1 Å². The molecule has 0 amide bonds. The predicted molar refractivity (Wildman–Crippen MR) is 63.5 cm³/mol. The zero-order valence-corrected chi connectivity index (χ0v) is 10.1. The highest BCUT2D eigenvalue weighted by Gasteiger charge is 2.16. The molecule has 4 nitrogen and oxygen atoms in total. The largest absolute Gasteiger partial charge is 0.379 e. The van der Waals surface area contributed by atoms with Gasteiger partial charge in [-0.25, -0.2) is 4.98 Å². The lowest BCUT2D eigenvalue weighted by Crippen LogP contribution is -2.09. The van der Waals surface area contributed by atoms with E-state index in [0.717, 1.165) is 6.20 Å². The minimum atomic E-state index is -3.85. The van der Waals surface area contributed by atoms with Gasteiger partial charge in [-0.2, -0.15) is 8.42 Å². The van der Waals surface area contributed by atoms with Crippen LogP contribution in [0.2, 0.25) is 5.15 Å². The van der Waals surface area contributed by atoms with Crippen LogP contribution in [-0.4, -0.2) is 13.4 Å². The van der Waals surface area contributed by atoms with E-state index >= 15 is 0 Å². The summed E-state index contributed by atoms with van der Waals surface area (Å²) >= 11 is 5.58. The molecule has 6 heteroatoms. The minimum absolute atomic E-state index is 0.0363. The van der Waals surface area contributed by atoms with Crippen molar-refractivity contribution in [3.63, 3.8) is 0 Å². The summed E-state index contributed by atoms with van der Waals surface area (Å²) in [5, 5.41) is 0.226. The summed E-state index contributed by atoms with van der Waals surface area (Å²) < 4.78 is 28.5. The second kappa shape index (κ2) is 4.73. The smallest absolute Gasteiger partial charge is 0.340 e. The molecule has 0 atom stereocenters. The van der Waals surface area contributed by atoms with Crippen molar-refractivity contribution in [2.75, 3.05) is 0 Å². The highest BCUT2D eigenvalue weighted by atomic mass is 35.5. The quantitative estimate of drug-likeness (QED) is 0.635.